The van der Waals surface area contributed by atoms with E-state index in [1.54, 1.807) is 6.07 Å². The lowest BCUT2D eigenvalue weighted by Crippen LogP contribution is -2.38. The molecule has 0 spiro atoms. The molecule has 1 unspecified atom stereocenters. The molecule has 0 aliphatic heterocycles. The molecule has 1 heterocycles. The van der Waals surface area contributed by atoms with Gasteiger partial charge in [0.2, 0.25) is 5.91 Å². The Hall–Kier alpha value is -2.99. The van der Waals surface area contributed by atoms with Gasteiger partial charge < -0.3 is 10.3 Å². The second-order valence-electron chi connectivity index (χ2n) is 6.79. The first-order valence-electron chi connectivity index (χ1n) is 8.95. The van der Waals surface area contributed by atoms with E-state index in [0.717, 1.165) is 11.1 Å². The second kappa shape index (κ2) is 8.14. The largest absolute Gasteiger partial charge is 0.354 e. The predicted octanol–water partition coefficient (Wildman–Crippen LogP) is 2.19. The third-order valence-electron chi connectivity index (χ3n) is 4.57. The summed E-state index contributed by atoms with van der Waals surface area (Å²) in [5.74, 6) is 0.494. The number of benzene rings is 2. The van der Waals surface area contributed by atoms with E-state index in [4.69, 9.17) is 0 Å². The summed E-state index contributed by atoms with van der Waals surface area (Å²) in [6.07, 6.45) is 0.458. The molecule has 27 heavy (non-hydrogen) atoms. The molecular weight excluding hydrogens is 340 g/mol. The van der Waals surface area contributed by atoms with E-state index in [0.29, 0.717) is 29.7 Å². The van der Waals surface area contributed by atoms with Crippen LogP contribution in [0.1, 0.15) is 23.0 Å². The summed E-state index contributed by atoms with van der Waals surface area (Å²) in [7, 11) is 3.78. The van der Waals surface area contributed by atoms with Crippen molar-refractivity contribution in [3.8, 4) is 0 Å². The summed E-state index contributed by atoms with van der Waals surface area (Å²) in [5.41, 5.74) is 2.56. The molecule has 0 radical (unpaired) electrons. The van der Waals surface area contributed by atoms with Gasteiger partial charge >= 0.3 is 0 Å². The van der Waals surface area contributed by atoms with Crippen LogP contribution in [0.4, 0.5) is 0 Å². The lowest BCUT2D eigenvalue weighted by molar-refractivity contribution is -0.125. The first kappa shape index (κ1) is 18.8. The number of aromatic amines is 1. The van der Waals surface area contributed by atoms with Crippen molar-refractivity contribution < 1.29 is 4.79 Å². The molecule has 2 N–H and O–H groups in total. The standard InChI is InChI=1S/C21H24N4O2/c1-14-8-4-5-9-15(14)19(25(2)3)21(27)22-13-12-18-23-17-11-7-6-10-16(17)20(26)24-18/h4-11,19H,12-13H2,1-3H3,(H,22,27)(H,23,24,26). The number of hydrogen-bond acceptors (Lipinski definition) is 4. The van der Waals surface area contributed by atoms with Crippen LogP contribution in [0.2, 0.25) is 0 Å². The van der Waals surface area contributed by atoms with Crippen molar-refractivity contribution in [3.63, 3.8) is 0 Å². The van der Waals surface area contributed by atoms with Crippen LogP contribution >= 0.6 is 0 Å². The Morgan fingerprint density at radius 2 is 1.85 bits per heavy atom. The molecule has 140 valence electrons. The summed E-state index contributed by atoms with van der Waals surface area (Å²) >= 11 is 0. The predicted molar refractivity (Wildman–Crippen MR) is 107 cm³/mol. The van der Waals surface area contributed by atoms with E-state index in [1.807, 2.05) is 68.4 Å². The number of carbonyl (C=O) groups is 1. The van der Waals surface area contributed by atoms with Crippen LogP contribution in [-0.2, 0) is 11.2 Å². The third kappa shape index (κ3) is 4.23. The molecule has 6 heteroatoms. The van der Waals surface area contributed by atoms with Gasteiger partial charge in [-0.25, -0.2) is 4.98 Å². The van der Waals surface area contributed by atoms with Gasteiger partial charge in [-0.2, -0.15) is 0 Å². The first-order valence-corrected chi connectivity index (χ1v) is 8.95. The summed E-state index contributed by atoms with van der Waals surface area (Å²) < 4.78 is 0. The van der Waals surface area contributed by atoms with E-state index < -0.39 is 0 Å². The zero-order valence-electron chi connectivity index (χ0n) is 15.8. The molecule has 1 aromatic heterocycles. The normalized spacial score (nSPS) is 12.3. The maximum Gasteiger partial charge on any atom is 0.258 e. The van der Waals surface area contributed by atoms with Gasteiger partial charge in [0.05, 0.1) is 10.9 Å². The summed E-state index contributed by atoms with van der Waals surface area (Å²) in [6, 6.07) is 14.7. The fourth-order valence-electron chi connectivity index (χ4n) is 3.20. The van der Waals surface area contributed by atoms with Crippen molar-refractivity contribution in [3.05, 3.63) is 75.8 Å². The number of hydrogen-bond donors (Lipinski definition) is 2. The van der Waals surface area contributed by atoms with Crippen LogP contribution in [0.25, 0.3) is 10.9 Å². The lowest BCUT2D eigenvalue weighted by atomic mass is 10.00. The minimum atomic E-state index is -0.366. The quantitative estimate of drug-likeness (QED) is 0.703. The lowest BCUT2D eigenvalue weighted by Gasteiger charge is -2.25. The maximum atomic E-state index is 12.8. The number of fused-ring (bicyclic) bond motifs is 1. The molecule has 0 aliphatic rings. The number of para-hydroxylation sites is 1. The van der Waals surface area contributed by atoms with Crippen molar-refractivity contribution in [2.24, 2.45) is 0 Å². The fourth-order valence-corrected chi connectivity index (χ4v) is 3.20. The highest BCUT2D eigenvalue weighted by molar-refractivity contribution is 5.83. The monoisotopic (exact) mass is 364 g/mol. The van der Waals surface area contributed by atoms with Gasteiger partial charge in [-0.05, 0) is 44.3 Å². The van der Waals surface area contributed by atoms with E-state index in [-0.39, 0.29) is 17.5 Å². The molecule has 0 aliphatic carbocycles. The zero-order chi connectivity index (χ0) is 19.4. The minimum Gasteiger partial charge on any atom is -0.354 e. The van der Waals surface area contributed by atoms with Crippen molar-refractivity contribution in [1.82, 2.24) is 20.2 Å². The highest BCUT2D eigenvalue weighted by Gasteiger charge is 2.23. The Labute approximate surface area is 158 Å². The van der Waals surface area contributed by atoms with E-state index in [9.17, 15) is 9.59 Å². The van der Waals surface area contributed by atoms with Crippen LogP contribution in [0.5, 0.6) is 0 Å². The van der Waals surface area contributed by atoms with Gasteiger partial charge in [0.15, 0.2) is 0 Å². The van der Waals surface area contributed by atoms with Crippen LogP contribution in [0, 0.1) is 6.92 Å². The van der Waals surface area contributed by atoms with Crippen molar-refractivity contribution in [1.29, 1.82) is 0 Å². The Bertz CT molecular complexity index is 1010. The average molecular weight is 364 g/mol. The summed E-state index contributed by atoms with van der Waals surface area (Å²) in [5, 5.41) is 3.53. The highest BCUT2D eigenvalue weighted by Crippen LogP contribution is 2.21. The molecule has 0 bridgehead atoms. The fraction of sp³-hybridized carbons (Fsp3) is 0.286. The molecule has 1 atom stereocenters. The molecule has 2 aromatic carbocycles. The van der Waals surface area contributed by atoms with Gasteiger partial charge in [-0.1, -0.05) is 36.4 Å². The number of aromatic nitrogens is 2. The van der Waals surface area contributed by atoms with Gasteiger partial charge in [0.1, 0.15) is 11.9 Å². The molecule has 0 saturated carbocycles. The molecular formula is C21H24N4O2. The molecule has 6 nitrogen and oxygen atoms in total. The van der Waals surface area contributed by atoms with Gasteiger partial charge in [-0.15, -0.1) is 0 Å². The van der Waals surface area contributed by atoms with E-state index in [2.05, 4.69) is 15.3 Å². The van der Waals surface area contributed by atoms with Crippen LogP contribution in [0.3, 0.4) is 0 Å². The average Bonchev–Trinajstić information content (AvgIpc) is 2.63. The second-order valence-corrected chi connectivity index (χ2v) is 6.79. The maximum absolute atomic E-state index is 12.8. The van der Waals surface area contributed by atoms with Gasteiger partial charge in [0.25, 0.3) is 5.56 Å². The zero-order valence-corrected chi connectivity index (χ0v) is 15.8. The van der Waals surface area contributed by atoms with Crippen LogP contribution < -0.4 is 10.9 Å². The number of rotatable bonds is 6. The number of likely N-dealkylation sites (N-methyl/N-ethyl adjacent to an activating group) is 1. The first-order chi connectivity index (χ1) is 13.0. The minimum absolute atomic E-state index is 0.0718. The third-order valence-corrected chi connectivity index (χ3v) is 4.57. The topological polar surface area (TPSA) is 78.1 Å². The van der Waals surface area contributed by atoms with E-state index >= 15 is 0 Å². The van der Waals surface area contributed by atoms with Gasteiger partial charge in [-0.3, -0.25) is 14.5 Å². The number of carbonyl (C=O) groups excluding carboxylic acids is 1. The van der Waals surface area contributed by atoms with Crippen molar-refractivity contribution >= 4 is 16.8 Å². The smallest absolute Gasteiger partial charge is 0.258 e. The number of nitrogens with zero attached hydrogens (tertiary/aromatic N) is 2. The van der Waals surface area contributed by atoms with Crippen molar-refractivity contribution in [2.75, 3.05) is 20.6 Å². The molecule has 0 saturated heterocycles. The number of nitrogens with one attached hydrogen (secondary N) is 2. The molecule has 1 amide bonds. The summed E-state index contributed by atoms with van der Waals surface area (Å²) in [4.78, 5) is 34.0. The number of amides is 1. The number of aryl methyl sites for hydroxylation is 1. The van der Waals surface area contributed by atoms with E-state index in [1.165, 1.54) is 0 Å². The van der Waals surface area contributed by atoms with Crippen LogP contribution in [0.15, 0.2) is 53.3 Å². The molecule has 0 fully saturated rings. The Morgan fingerprint density at radius 1 is 1.15 bits per heavy atom. The van der Waals surface area contributed by atoms with Gasteiger partial charge in [0, 0.05) is 13.0 Å². The SMILES string of the molecule is Cc1ccccc1C(C(=O)NCCc1nc2ccccc2c(=O)[nH]1)N(C)C. The number of H-pyrrole nitrogens is 1. The van der Waals surface area contributed by atoms with Crippen LogP contribution in [-0.4, -0.2) is 41.4 Å². The highest BCUT2D eigenvalue weighted by atomic mass is 16.2. The Kier molecular flexibility index (Phi) is 5.66. The van der Waals surface area contributed by atoms with Crippen molar-refractivity contribution in [2.45, 2.75) is 19.4 Å². The Balaban J connectivity index is 1.70. The summed E-state index contributed by atoms with van der Waals surface area (Å²) in [6.45, 7) is 2.40. The molecule has 3 aromatic rings. The molecule has 3 rings (SSSR count). The Morgan fingerprint density at radius 3 is 2.59 bits per heavy atom.